The minimum atomic E-state index is -1.02. The Bertz CT molecular complexity index is 1700. The summed E-state index contributed by atoms with van der Waals surface area (Å²) in [6.45, 7) is 0.728. The minimum Gasteiger partial charge on any atom is -0.492 e. The first-order chi connectivity index (χ1) is 19.5. The number of aromatic nitrogens is 1. The van der Waals surface area contributed by atoms with Crippen molar-refractivity contribution in [2.24, 2.45) is 5.92 Å². The second kappa shape index (κ2) is 12.2. The summed E-state index contributed by atoms with van der Waals surface area (Å²) in [7, 11) is 2.48. The Labute approximate surface area is 235 Å². The molecule has 1 heterocycles. The average Bonchev–Trinajstić information content (AvgIpc) is 3.30. The van der Waals surface area contributed by atoms with Crippen LogP contribution in [0.15, 0.2) is 89.7 Å². The fraction of sp³-hybridized carbons (Fsp3) is 0.219. The molecular weight excluding hydrogens is 526 g/mol. The standard InChI is InChI=1S/C32H29NO6S/c1-37-30(34)27(31(35)38-2)19-21-10-13-25(14-11-21)39-17-16-33-28-15-12-22(20-29(28)40-32(33)36)18-24-8-5-7-23-6-3-4-9-26(23)24/h3-15,20,27H,16-19H2,1-2H3. The predicted octanol–water partition coefficient (Wildman–Crippen LogP) is 5.39. The van der Waals surface area contributed by atoms with Crippen LogP contribution in [0.5, 0.6) is 5.75 Å². The summed E-state index contributed by atoms with van der Waals surface area (Å²) in [5.41, 5.74) is 4.09. The molecule has 204 valence electrons. The van der Waals surface area contributed by atoms with Gasteiger partial charge in [0.15, 0.2) is 5.92 Å². The molecule has 5 rings (SSSR count). The number of nitrogens with zero attached hydrogens (tertiary/aromatic N) is 1. The first-order valence-corrected chi connectivity index (χ1v) is 13.7. The van der Waals surface area contributed by atoms with Gasteiger partial charge in [0.1, 0.15) is 12.4 Å². The molecule has 0 aliphatic heterocycles. The van der Waals surface area contributed by atoms with E-state index in [4.69, 9.17) is 14.2 Å². The maximum absolute atomic E-state index is 12.8. The first-order valence-electron chi connectivity index (χ1n) is 12.9. The largest absolute Gasteiger partial charge is 0.492 e. The summed E-state index contributed by atoms with van der Waals surface area (Å²) in [6.07, 6.45) is 0.959. The number of hydrogen-bond acceptors (Lipinski definition) is 7. The molecule has 4 aromatic carbocycles. The third-order valence-corrected chi connectivity index (χ3v) is 7.87. The van der Waals surface area contributed by atoms with Crippen molar-refractivity contribution in [2.45, 2.75) is 19.4 Å². The normalized spacial score (nSPS) is 11.2. The van der Waals surface area contributed by atoms with E-state index in [1.54, 1.807) is 28.8 Å². The molecule has 0 N–H and O–H groups in total. The van der Waals surface area contributed by atoms with Crippen molar-refractivity contribution < 1.29 is 23.8 Å². The van der Waals surface area contributed by atoms with Crippen LogP contribution in [0.2, 0.25) is 0 Å². The van der Waals surface area contributed by atoms with E-state index in [0.29, 0.717) is 18.9 Å². The van der Waals surface area contributed by atoms with Crippen molar-refractivity contribution >= 4 is 44.3 Å². The molecule has 0 aliphatic carbocycles. The van der Waals surface area contributed by atoms with E-state index in [0.717, 1.165) is 27.8 Å². The zero-order valence-electron chi connectivity index (χ0n) is 22.3. The number of hydrogen-bond donors (Lipinski definition) is 0. The van der Waals surface area contributed by atoms with Crippen molar-refractivity contribution in [1.29, 1.82) is 0 Å². The Morgan fingerprint density at radius 3 is 2.30 bits per heavy atom. The van der Waals surface area contributed by atoms with Crippen molar-refractivity contribution in [3.63, 3.8) is 0 Å². The zero-order chi connectivity index (χ0) is 28.1. The van der Waals surface area contributed by atoms with Gasteiger partial charge in [-0.1, -0.05) is 72.0 Å². The van der Waals surface area contributed by atoms with Gasteiger partial charge in [0.2, 0.25) is 0 Å². The van der Waals surface area contributed by atoms with Gasteiger partial charge in [-0.05, 0) is 64.6 Å². The second-order valence-corrected chi connectivity index (χ2v) is 10.4. The SMILES string of the molecule is COC(=O)C(Cc1ccc(OCCn2c(=O)sc3cc(Cc4cccc5ccccc45)ccc32)cc1)C(=O)OC. The van der Waals surface area contributed by atoms with Crippen molar-refractivity contribution in [2.75, 3.05) is 20.8 Å². The highest BCUT2D eigenvalue weighted by Gasteiger charge is 2.28. The van der Waals surface area contributed by atoms with Crippen LogP contribution in [0.4, 0.5) is 0 Å². The molecule has 5 aromatic rings. The van der Waals surface area contributed by atoms with Gasteiger partial charge in [-0.3, -0.25) is 19.0 Å². The highest BCUT2D eigenvalue weighted by Crippen LogP contribution is 2.25. The van der Waals surface area contributed by atoms with Gasteiger partial charge >= 0.3 is 16.8 Å². The van der Waals surface area contributed by atoms with Gasteiger partial charge in [-0.15, -0.1) is 0 Å². The molecule has 7 nitrogen and oxygen atoms in total. The average molecular weight is 556 g/mol. The number of benzene rings is 4. The van der Waals surface area contributed by atoms with Gasteiger partial charge < -0.3 is 14.2 Å². The summed E-state index contributed by atoms with van der Waals surface area (Å²) in [6, 6.07) is 28.1. The molecule has 0 unspecified atom stereocenters. The smallest absolute Gasteiger partial charge is 0.320 e. The van der Waals surface area contributed by atoms with E-state index in [2.05, 4.69) is 48.5 Å². The number of thiazole rings is 1. The number of methoxy groups -OCH3 is 2. The summed E-state index contributed by atoms with van der Waals surface area (Å²) >= 11 is 1.25. The summed E-state index contributed by atoms with van der Waals surface area (Å²) < 4.78 is 18.0. The molecule has 1 aromatic heterocycles. The third-order valence-electron chi connectivity index (χ3n) is 6.93. The van der Waals surface area contributed by atoms with Gasteiger partial charge in [-0.2, -0.15) is 0 Å². The molecule has 0 spiro atoms. The second-order valence-electron chi connectivity index (χ2n) is 9.43. The summed E-state index contributed by atoms with van der Waals surface area (Å²) in [5, 5.41) is 2.46. The Hall–Kier alpha value is -4.43. The highest BCUT2D eigenvalue weighted by atomic mass is 32.1. The van der Waals surface area contributed by atoms with Gasteiger partial charge in [0.25, 0.3) is 0 Å². The van der Waals surface area contributed by atoms with E-state index in [1.165, 1.54) is 41.9 Å². The molecule has 0 bridgehead atoms. The summed E-state index contributed by atoms with van der Waals surface area (Å²) in [4.78, 5) is 36.6. The fourth-order valence-corrected chi connectivity index (χ4v) is 5.84. The van der Waals surface area contributed by atoms with E-state index in [9.17, 15) is 14.4 Å². The Morgan fingerprint density at radius 2 is 1.55 bits per heavy atom. The molecule has 0 fully saturated rings. The van der Waals surface area contributed by atoms with Crippen LogP contribution in [0.3, 0.4) is 0 Å². The van der Waals surface area contributed by atoms with Crippen molar-refractivity contribution in [3.8, 4) is 5.75 Å². The molecule has 0 saturated carbocycles. The summed E-state index contributed by atoms with van der Waals surface area (Å²) in [5.74, 6) is -1.67. The Morgan fingerprint density at radius 1 is 0.850 bits per heavy atom. The topological polar surface area (TPSA) is 83.8 Å². The molecule has 0 saturated heterocycles. The van der Waals surface area contributed by atoms with Crippen LogP contribution in [0.1, 0.15) is 16.7 Å². The highest BCUT2D eigenvalue weighted by molar-refractivity contribution is 7.16. The van der Waals surface area contributed by atoms with Gasteiger partial charge in [0.05, 0.1) is 31.0 Å². The van der Waals surface area contributed by atoms with Crippen LogP contribution in [-0.2, 0) is 38.4 Å². The van der Waals surface area contributed by atoms with Gasteiger partial charge in [0, 0.05) is 0 Å². The van der Waals surface area contributed by atoms with E-state index >= 15 is 0 Å². The van der Waals surface area contributed by atoms with E-state index in [1.807, 2.05) is 12.1 Å². The molecule has 40 heavy (non-hydrogen) atoms. The van der Waals surface area contributed by atoms with E-state index < -0.39 is 17.9 Å². The molecule has 0 aliphatic rings. The fourth-order valence-electron chi connectivity index (χ4n) is 4.86. The maximum atomic E-state index is 12.8. The van der Waals surface area contributed by atoms with Crippen LogP contribution in [0.25, 0.3) is 21.0 Å². The molecule has 8 heteroatoms. The van der Waals surface area contributed by atoms with Crippen LogP contribution >= 0.6 is 11.3 Å². The zero-order valence-corrected chi connectivity index (χ0v) is 23.1. The lowest BCUT2D eigenvalue weighted by molar-refractivity contribution is -0.158. The molecule has 0 amide bonds. The van der Waals surface area contributed by atoms with Crippen molar-refractivity contribution in [3.05, 3.63) is 111 Å². The lowest BCUT2D eigenvalue weighted by Gasteiger charge is -2.13. The van der Waals surface area contributed by atoms with E-state index in [-0.39, 0.29) is 11.3 Å². The first kappa shape index (κ1) is 27.1. The Balaban J connectivity index is 1.23. The number of rotatable bonds is 10. The quantitative estimate of drug-likeness (QED) is 0.170. The van der Waals surface area contributed by atoms with Crippen LogP contribution < -0.4 is 9.61 Å². The predicted molar refractivity (Wildman–Crippen MR) is 156 cm³/mol. The van der Waals surface area contributed by atoms with Gasteiger partial charge in [-0.25, -0.2) is 0 Å². The lowest BCUT2D eigenvalue weighted by Crippen LogP contribution is -2.28. The number of ether oxygens (including phenoxy) is 3. The Kier molecular flexibility index (Phi) is 8.26. The number of esters is 2. The molecule has 0 radical (unpaired) electrons. The monoisotopic (exact) mass is 555 g/mol. The van der Waals surface area contributed by atoms with Crippen LogP contribution in [0, 0.1) is 5.92 Å². The minimum absolute atomic E-state index is 0.0204. The number of fused-ring (bicyclic) bond motifs is 2. The maximum Gasteiger partial charge on any atom is 0.320 e. The third kappa shape index (κ3) is 5.92. The van der Waals surface area contributed by atoms with Crippen LogP contribution in [-0.4, -0.2) is 37.3 Å². The van der Waals surface area contributed by atoms with Crippen molar-refractivity contribution in [1.82, 2.24) is 4.57 Å². The molecular formula is C32H29NO6S. The molecule has 0 atom stereocenters. The lowest BCUT2D eigenvalue weighted by atomic mass is 9.98. The number of carbonyl (C=O) groups excluding carboxylic acids is 2. The number of carbonyl (C=O) groups is 2.